The van der Waals surface area contributed by atoms with Gasteiger partial charge in [-0.2, -0.15) is 0 Å². The summed E-state index contributed by atoms with van der Waals surface area (Å²) in [5.74, 6) is 5.73. The van der Waals surface area contributed by atoms with E-state index >= 15 is 0 Å². The summed E-state index contributed by atoms with van der Waals surface area (Å²) in [5, 5.41) is 11.6. The molecule has 0 atom stereocenters. The van der Waals surface area contributed by atoms with Crippen molar-refractivity contribution in [2.45, 2.75) is 26.7 Å². The monoisotopic (exact) mass is 275 g/mol. The number of hydrogen-bond acceptors (Lipinski definition) is 3. The Morgan fingerprint density at radius 1 is 1.45 bits per heavy atom. The summed E-state index contributed by atoms with van der Waals surface area (Å²) < 4.78 is 5.16. The summed E-state index contributed by atoms with van der Waals surface area (Å²) in [7, 11) is 0. The van der Waals surface area contributed by atoms with Crippen molar-refractivity contribution in [1.82, 2.24) is 0 Å². The van der Waals surface area contributed by atoms with Crippen LogP contribution < -0.4 is 5.32 Å². The van der Waals surface area contributed by atoms with Gasteiger partial charge in [-0.1, -0.05) is 17.9 Å². The Balaban J connectivity index is 2.74. The molecule has 0 unspecified atom stereocenters. The lowest BCUT2D eigenvalue weighted by Gasteiger charge is -2.08. The van der Waals surface area contributed by atoms with E-state index in [4.69, 9.17) is 9.84 Å². The second kappa shape index (κ2) is 9.13. The van der Waals surface area contributed by atoms with Crippen LogP contribution in [0.25, 0.3) is 0 Å². The van der Waals surface area contributed by atoms with Crippen molar-refractivity contribution in [2.75, 3.05) is 25.1 Å². The number of aliphatic hydroxyl groups is 1. The molecule has 0 heterocycles. The van der Waals surface area contributed by atoms with Gasteiger partial charge in [-0.05, 0) is 31.5 Å². The number of rotatable bonds is 6. The lowest BCUT2D eigenvalue weighted by molar-refractivity contribution is -0.117. The molecule has 0 spiro atoms. The van der Waals surface area contributed by atoms with Gasteiger partial charge < -0.3 is 15.2 Å². The first-order chi connectivity index (χ1) is 9.67. The molecular weight excluding hydrogens is 254 g/mol. The van der Waals surface area contributed by atoms with E-state index in [2.05, 4.69) is 17.2 Å². The summed E-state index contributed by atoms with van der Waals surface area (Å²) in [6, 6.07) is 5.71. The summed E-state index contributed by atoms with van der Waals surface area (Å²) in [6.45, 7) is 4.91. The zero-order chi connectivity index (χ0) is 14.8. The third kappa shape index (κ3) is 5.87. The number of ether oxygens (including phenoxy) is 1. The van der Waals surface area contributed by atoms with E-state index in [-0.39, 0.29) is 12.5 Å². The number of carbonyl (C=O) groups excluding carboxylic acids is 1. The van der Waals surface area contributed by atoms with E-state index in [1.807, 2.05) is 32.0 Å². The molecule has 1 rings (SSSR count). The first-order valence-electron chi connectivity index (χ1n) is 6.75. The maximum absolute atomic E-state index is 11.8. The van der Waals surface area contributed by atoms with Gasteiger partial charge in [0.1, 0.15) is 0 Å². The summed E-state index contributed by atoms with van der Waals surface area (Å²) >= 11 is 0. The third-order valence-corrected chi connectivity index (χ3v) is 2.59. The van der Waals surface area contributed by atoms with E-state index in [9.17, 15) is 4.79 Å². The number of nitrogens with one attached hydrogen (secondary N) is 1. The second-order valence-corrected chi connectivity index (χ2v) is 4.32. The molecule has 2 N–H and O–H groups in total. The fraction of sp³-hybridized carbons (Fsp3) is 0.438. The van der Waals surface area contributed by atoms with Gasteiger partial charge in [0.2, 0.25) is 5.91 Å². The molecule has 0 aliphatic rings. The molecule has 4 nitrogen and oxygen atoms in total. The highest BCUT2D eigenvalue weighted by molar-refractivity contribution is 5.92. The van der Waals surface area contributed by atoms with Gasteiger partial charge >= 0.3 is 0 Å². The largest absolute Gasteiger partial charge is 0.395 e. The highest BCUT2D eigenvalue weighted by Gasteiger charge is 2.06. The summed E-state index contributed by atoms with van der Waals surface area (Å²) in [4.78, 5) is 11.8. The van der Waals surface area contributed by atoms with Crippen LogP contribution in [0.1, 0.15) is 30.9 Å². The van der Waals surface area contributed by atoms with Crippen LogP contribution in [0.2, 0.25) is 0 Å². The minimum atomic E-state index is -0.0886. The fourth-order valence-electron chi connectivity index (χ4n) is 1.61. The normalized spacial score (nSPS) is 9.75. The van der Waals surface area contributed by atoms with Gasteiger partial charge in [0.15, 0.2) is 0 Å². The number of anilines is 1. The zero-order valence-corrected chi connectivity index (χ0v) is 12.0. The van der Waals surface area contributed by atoms with Crippen molar-refractivity contribution in [3.05, 3.63) is 29.3 Å². The molecule has 0 aliphatic heterocycles. The predicted octanol–water partition coefficient (Wildman–Crippen LogP) is 2.09. The summed E-state index contributed by atoms with van der Waals surface area (Å²) in [5.41, 5.74) is 2.52. The van der Waals surface area contributed by atoms with Crippen molar-refractivity contribution in [1.29, 1.82) is 0 Å². The first kappa shape index (κ1) is 16.2. The Kier molecular flexibility index (Phi) is 7.41. The lowest BCUT2D eigenvalue weighted by atomic mass is 10.1. The van der Waals surface area contributed by atoms with E-state index in [1.165, 1.54) is 0 Å². The van der Waals surface area contributed by atoms with Crippen LogP contribution in [0.3, 0.4) is 0 Å². The van der Waals surface area contributed by atoms with Crippen LogP contribution in [0.15, 0.2) is 18.2 Å². The molecule has 20 heavy (non-hydrogen) atoms. The smallest absolute Gasteiger partial charge is 0.226 e. The molecule has 1 aromatic rings. The van der Waals surface area contributed by atoms with Crippen molar-refractivity contribution >= 4 is 11.6 Å². The standard InChI is InChI=1S/C16H21NO3/c1-3-20-11-9-16(19)17-15-12-13(2)7-8-14(15)6-4-5-10-18/h7-8,12,18H,3,5,9-11H2,1-2H3,(H,17,19). The number of aliphatic hydroxyl groups excluding tert-OH is 1. The predicted molar refractivity (Wildman–Crippen MR) is 79.5 cm³/mol. The van der Waals surface area contributed by atoms with Gasteiger partial charge in [0, 0.05) is 18.6 Å². The van der Waals surface area contributed by atoms with Crippen LogP contribution in [0, 0.1) is 18.8 Å². The molecule has 1 aromatic carbocycles. The van der Waals surface area contributed by atoms with Crippen LogP contribution in [-0.4, -0.2) is 30.8 Å². The number of aryl methyl sites for hydroxylation is 1. The topological polar surface area (TPSA) is 58.6 Å². The van der Waals surface area contributed by atoms with Crippen molar-refractivity contribution in [3.8, 4) is 11.8 Å². The quantitative estimate of drug-likeness (QED) is 0.617. The van der Waals surface area contributed by atoms with Crippen molar-refractivity contribution in [2.24, 2.45) is 0 Å². The van der Waals surface area contributed by atoms with Gasteiger partial charge in [-0.25, -0.2) is 0 Å². The maximum atomic E-state index is 11.8. The molecule has 4 heteroatoms. The Bertz CT molecular complexity index is 500. The van der Waals surface area contributed by atoms with E-state index in [1.54, 1.807) is 0 Å². The van der Waals surface area contributed by atoms with Gasteiger partial charge in [-0.15, -0.1) is 0 Å². The van der Waals surface area contributed by atoms with Gasteiger partial charge in [0.25, 0.3) is 0 Å². The second-order valence-electron chi connectivity index (χ2n) is 4.32. The minimum absolute atomic E-state index is 0.0366. The SMILES string of the molecule is CCOCCC(=O)Nc1cc(C)ccc1C#CCCO. The Morgan fingerprint density at radius 2 is 2.25 bits per heavy atom. The fourth-order valence-corrected chi connectivity index (χ4v) is 1.61. The minimum Gasteiger partial charge on any atom is -0.395 e. The molecule has 0 aliphatic carbocycles. The molecule has 0 aromatic heterocycles. The summed E-state index contributed by atoms with van der Waals surface area (Å²) in [6.07, 6.45) is 0.747. The molecule has 1 amide bonds. The average molecular weight is 275 g/mol. The van der Waals surface area contributed by atoms with Crippen LogP contribution in [0.4, 0.5) is 5.69 Å². The van der Waals surface area contributed by atoms with Gasteiger partial charge in [-0.3, -0.25) is 4.79 Å². The number of hydrogen-bond donors (Lipinski definition) is 2. The van der Waals surface area contributed by atoms with E-state index < -0.39 is 0 Å². The van der Waals surface area contributed by atoms with Crippen molar-refractivity contribution in [3.63, 3.8) is 0 Å². The van der Waals surface area contributed by atoms with E-state index in [0.717, 1.165) is 11.1 Å². The maximum Gasteiger partial charge on any atom is 0.226 e. The molecule has 0 bridgehead atoms. The lowest BCUT2D eigenvalue weighted by Crippen LogP contribution is -2.15. The Morgan fingerprint density at radius 3 is 2.95 bits per heavy atom. The molecule has 0 saturated heterocycles. The molecule has 0 saturated carbocycles. The average Bonchev–Trinajstić information content (AvgIpc) is 2.42. The highest BCUT2D eigenvalue weighted by Crippen LogP contribution is 2.17. The zero-order valence-electron chi connectivity index (χ0n) is 12.0. The van der Waals surface area contributed by atoms with Crippen LogP contribution in [0.5, 0.6) is 0 Å². The van der Waals surface area contributed by atoms with Gasteiger partial charge in [0.05, 0.1) is 25.3 Å². The highest BCUT2D eigenvalue weighted by atomic mass is 16.5. The van der Waals surface area contributed by atoms with Crippen molar-refractivity contribution < 1.29 is 14.6 Å². The van der Waals surface area contributed by atoms with E-state index in [0.29, 0.717) is 31.7 Å². The van der Waals surface area contributed by atoms with Crippen LogP contribution >= 0.6 is 0 Å². The Labute approximate surface area is 120 Å². The molecule has 0 radical (unpaired) electrons. The Hall–Kier alpha value is -1.83. The first-order valence-corrected chi connectivity index (χ1v) is 6.75. The number of carbonyl (C=O) groups is 1. The molecule has 0 fully saturated rings. The molecule has 108 valence electrons. The number of benzene rings is 1. The van der Waals surface area contributed by atoms with Crippen LogP contribution in [-0.2, 0) is 9.53 Å². The molecular formula is C16H21NO3. The third-order valence-electron chi connectivity index (χ3n) is 2.59. The number of amides is 1.